The molecule has 3 aromatic rings. The summed E-state index contributed by atoms with van der Waals surface area (Å²) in [6.45, 7) is 2.09. The summed E-state index contributed by atoms with van der Waals surface area (Å²) in [4.78, 5) is 21.4. The van der Waals surface area contributed by atoms with Crippen LogP contribution in [-0.4, -0.2) is 51.1 Å². The highest BCUT2D eigenvalue weighted by atomic mass is 19.3. The number of piperidine rings is 1. The molecule has 1 unspecified atom stereocenters. The van der Waals surface area contributed by atoms with E-state index in [1.165, 1.54) is 0 Å². The van der Waals surface area contributed by atoms with Crippen molar-refractivity contribution < 1.29 is 13.6 Å². The number of nitrogens with one attached hydrogen (secondary N) is 2. The number of halogens is 2. The van der Waals surface area contributed by atoms with E-state index in [2.05, 4.69) is 30.4 Å². The summed E-state index contributed by atoms with van der Waals surface area (Å²) in [7, 11) is 0. The number of alkyl halides is 2. The third-order valence-electron chi connectivity index (χ3n) is 4.77. The normalized spacial score (nSPS) is 18.2. The topological polar surface area (TPSA) is 86.8 Å². The quantitative estimate of drug-likeness (QED) is 0.733. The molecule has 0 aromatic carbocycles. The Balaban J connectivity index is 1.60. The molecule has 1 aliphatic rings. The number of H-pyrrole nitrogens is 1. The number of pyridine rings is 1. The molecule has 0 spiro atoms. The van der Waals surface area contributed by atoms with Crippen LogP contribution in [0.1, 0.15) is 26.2 Å². The van der Waals surface area contributed by atoms with Crippen LogP contribution in [0, 0.1) is 0 Å². The van der Waals surface area contributed by atoms with Gasteiger partial charge in [-0.25, -0.2) is 13.8 Å². The molecule has 7 nitrogen and oxygen atoms in total. The van der Waals surface area contributed by atoms with Gasteiger partial charge in [0.2, 0.25) is 5.91 Å². The SMILES string of the molecule is CC(F)(F)CC(=O)NC1CCCN(c2cnnc3cnc4[nH]ccc4c23)C1. The summed E-state index contributed by atoms with van der Waals surface area (Å²) in [6.07, 6.45) is 6.02. The maximum absolute atomic E-state index is 13.1. The predicted octanol–water partition coefficient (Wildman–Crippen LogP) is 2.64. The van der Waals surface area contributed by atoms with E-state index in [0.717, 1.165) is 48.4 Å². The van der Waals surface area contributed by atoms with Gasteiger partial charge in [0.15, 0.2) is 0 Å². The third kappa shape index (κ3) is 3.67. The predicted molar refractivity (Wildman–Crippen MR) is 97.8 cm³/mol. The molecule has 27 heavy (non-hydrogen) atoms. The Morgan fingerprint density at radius 1 is 1.44 bits per heavy atom. The first-order valence-corrected chi connectivity index (χ1v) is 8.90. The summed E-state index contributed by atoms with van der Waals surface area (Å²) < 4.78 is 26.1. The standard InChI is InChI=1S/C18H20F2N6O/c1-18(19,20)7-15(27)24-11-3-2-6-26(10-11)14-9-23-25-13-8-22-17-12(16(13)14)4-5-21-17/h4-5,8-9,11H,2-3,6-7,10H2,1H3,(H,21,22)(H,24,27). The molecule has 0 radical (unpaired) electrons. The van der Waals surface area contributed by atoms with Crippen molar-refractivity contribution in [3.63, 3.8) is 0 Å². The van der Waals surface area contributed by atoms with E-state index >= 15 is 0 Å². The van der Waals surface area contributed by atoms with E-state index < -0.39 is 18.3 Å². The lowest BCUT2D eigenvalue weighted by Gasteiger charge is -2.35. The number of hydrogen-bond donors (Lipinski definition) is 2. The monoisotopic (exact) mass is 374 g/mol. The average molecular weight is 374 g/mol. The second-order valence-electron chi connectivity index (χ2n) is 7.09. The lowest BCUT2D eigenvalue weighted by atomic mass is 10.0. The van der Waals surface area contributed by atoms with Gasteiger partial charge in [0, 0.05) is 36.1 Å². The van der Waals surface area contributed by atoms with Crippen LogP contribution in [0.15, 0.2) is 24.7 Å². The van der Waals surface area contributed by atoms with E-state index in [1.807, 2.05) is 12.3 Å². The van der Waals surface area contributed by atoms with Gasteiger partial charge in [-0.1, -0.05) is 0 Å². The molecule has 1 aliphatic heterocycles. The van der Waals surface area contributed by atoms with Gasteiger partial charge in [0.05, 0.1) is 24.5 Å². The molecule has 0 bridgehead atoms. The van der Waals surface area contributed by atoms with E-state index in [9.17, 15) is 13.6 Å². The Kier molecular flexibility index (Phi) is 4.37. The fourth-order valence-electron chi connectivity index (χ4n) is 3.67. The number of hydrogen-bond acceptors (Lipinski definition) is 5. The molecule has 2 N–H and O–H groups in total. The van der Waals surface area contributed by atoms with E-state index in [4.69, 9.17) is 0 Å². The third-order valence-corrected chi connectivity index (χ3v) is 4.77. The largest absolute Gasteiger partial charge is 0.368 e. The molecule has 1 amide bonds. The van der Waals surface area contributed by atoms with Crippen LogP contribution in [0.3, 0.4) is 0 Å². The summed E-state index contributed by atoms with van der Waals surface area (Å²) >= 11 is 0. The van der Waals surface area contributed by atoms with Crippen molar-refractivity contribution in [1.29, 1.82) is 0 Å². The second-order valence-corrected chi connectivity index (χ2v) is 7.09. The number of aromatic amines is 1. The molecule has 9 heteroatoms. The molecule has 3 aromatic heterocycles. The van der Waals surface area contributed by atoms with Crippen LogP contribution < -0.4 is 10.2 Å². The van der Waals surface area contributed by atoms with E-state index in [-0.39, 0.29) is 6.04 Å². The molecule has 4 rings (SSSR count). The molecule has 0 aliphatic carbocycles. The van der Waals surface area contributed by atoms with Crippen molar-refractivity contribution >= 4 is 33.5 Å². The van der Waals surface area contributed by atoms with Gasteiger partial charge in [-0.3, -0.25) is 4.79 Å². The molecule has 142 valence electrons. The van der Waals surface area contributed by atoms with Gasteiger partial charge >= 0.3 is 0 Å². The number of anilines is 1. The highest BCUT2D eigenvalue weighted by molar-refractivity contribution is 6.09. The van der Waals surface area contributed by atoms with Gasteiger partial charge in [0.25, 0.3) is 5.92 Å². The van der Waals surface area contributed by atoms with Gasteiger partial charge in [-0.05, 0) is 25.8 Å². The van der Waals surface area contributed by atoms with Crippen LogP contribution in [0.5, 0.6) is 0 Å². The van der Waals surface area contributed by atoms with E-state index in [0.29, 0.717) is 12.1 Å². The summed E-state index contributed by atoms with van der Waals surface area (Å²) in [5.74, 6) is -3.62. The Labute approximate surface area is 154 Å². The molecule has 1 atom stereocenters. The van der Waals surface area contributed by atoms with Crippen LogP contribution in [-0.2, 0) is 4.79 Å². The zero-order valence-corrected chi connectivity index (χ0v) is 14.9. The number of carbonyl (C=O) groups excluding carboxylic acids is 1. The summed E-state index contributed by atoms with van der Waals surface area (Å²) in [6, 6.07) is 1.77. The molecular formula is C18H20F2N6O. The zero-order chi connectivity index (χ0) is 19.0. The lowest BCUT2D eigenvalue weighted by molar-refractivity contribution is -0.128. The fraction of sp³-hybridized carbons (Fsp3) is 0.444. The maximum Gasteiger partial charge on any atom is 0.254 e. The highest BCUT2D eigenvalue weighted by Crippen LogP contribution is 2.32. The van der Waals surface area contributed by atoms with Crippen molar-refractivity contribution in [2.75, 3.05) is 18.0 Å². The maximum atomic E-state index is 13.1. The Bertz CT molecular complexity index is 983. The van der Waals surface area contributed by atoms with Crippen LogP contribution in [0.4, 0.5) is 14.5 Å². The Morgan fingerprint density at radius 3 is 3.11 bits per heavy atom. The molecular weight excluding hydrogens is 354 g/mol. The minimum atomic E-state index is -3.00. The molecule has 4 heterocycles. The number of carbonyl (C=O) groups is 1. The van der Waals surface area contributed by atoms with Crippen molar-refractivity contribution in [2.45, 2.75) is 38.2 Å². The first-order chi connectivity index (χ1) is 12.9. The van der Waals surface area contributed by atoms with Gasteiger partial charge in [-0.15, -0.1) is 5.10 Å². The molecule has 1 saturated heterocycles. The Hall–Kier alpha value is -2.84. The first kappa shape index (κ1) is 17.6. The first-order valence-electron chi connectivity index (χ1n) is 8.90. The summed E-state index contributed by atoms with van der Waals surface area (Å²) in [5, 5.41) is 12.9. The van der Waals surface area contributed by atoms with Crippen molar-refractivity contribution in [1.82, 2.24) is 25.5 Å². The Morgan fingerprint density at radius 2 is 2.30 bits per heavy atom. The zero-order valence-electron chi connectivity index (χ0n) is 14.9. The van der Waals surface area contributed by atoms with Gasteiger partial charge < -0.3 is 15.2 Å². The van der Waals surface area contributed by atoms with Gasteiger partial charge in [-0.2, -0.15) is 5.10 Å². The van der Waals surface area contributed by atoms with Crippen LogP contribution in [0.2, 0.25) is 0 Å². The molecule has 1 fully saturated rings. The van der Waals surface area contributed by atoms with Crippen molar-refractivity contribution in [3.05, 3.63) is 24.7 Å². The smallest absolute Gasteiger partial charge is 0.254 e. The average Bonchev–Trinajstić information content (AvgIpc) is 3.08. The van der Waals surface area contributed by atoms with Gasteiger partial charge in [0.1, 0.15) is 11.2 Å². The second kappa shape index (κ2) is 6.71. The van der Waals surface area contributed by atoms with Crippen molar-refractivity contribution in [3.8, 4) is 0 Å². The lowest BCUT2D eigenvalue weighted by Crippen LogP contribution is -2.48. The minimum Gasteiger partial charge on any atom is -0.368 e. The fourth-order valence-corrected chi connectivity index (χ4v) is 3.67. The number of aromatic nitrogens is 4. The minimum absolute atomic E-state index is 0.180. The highest BCUT2D eigenvalue weighted by Gasteiger charge is 2.29. The number of nitrogens with zero attached hydrogens (tertiary/aromatic N) is 4. The number of rotatable bonds is 4. The molecule has 0 saturated carbocycles. The van der Waals surface area contributed by atoms with E-state index in [1.54, 1.807) is 12.4 Å². The van der Waals surface area contributed by atoms with Crippen LogP contribution >= 0.6 is 0 Å². The van der Waals surface area contributed by atoms with Crippen LogP contribution in [0.25, 0.3) is 21.9 Å². The summed E-state index contributed by atoms with van der Waals surface area (Å²) in [5.41, 5.74) is 2.37. The number of amides is 1. The number of fused-ring (bicyclic) bond motifs is 3. The van der Waals surface area contributed by atoms with Crippen molar-refractivity contribution in [2.24, 2.45) is 0 Å².